The summed E-state index contributed by atoms with van der Waals surface area (Å²) in [4.78, 5) is 40.8. The number of hydrogen-bond acceptors (Lipinski definition) is 6. The first-order valence-corrected chi connectivity index (χ1v) is 8.28. The number of rotatable bonds is 3. The highest BCUT2D eigenvalue weighted by Crippen LogP contribution is 2.25. The first-order valence-electron chi connectivity index (χ1n) is 6.44. The third kappa shape index (κ3) is 2.28. The van der Waals surface area contributed by atoms with Crippen LogP contribution in [0.15, 0.2) is 24.3 Å². The van der Waals surface area contributed by atoms with Crippen LogP contribution in [0.2, 0.25) is 0 Å². The number of sulfonamides is 1. The van der Waals surface area contributed by atoms with Crippen molar-refractivity contribution in [1.82, 2.24) is 9.37 Å². The molecule has 3 rings (SSSR count). The fourth-order valence-electron chi connectivity index (χ4n) is 2.27. The summed E-state index contributed by atoms with van der Waals surface area (Å²) in [5.41, 5.74) is 0.346. The molecule has 0 N–H and O–H groups in total. The molecule has 1 saturated heterocycles. The number of hydrogen-bond donors (Lipinski definition) is 0. The lowest BCUT2D eigenvalue weighted by Crippen LogP contribution is -2.54. The molecule has 0 aliphatic carbocycles. The van der Waals surface area contributed by atoms with Crippen LogP contribution in [0.25, 0.3) is 0 Å². The Morgan fingerprint density at radius 2 is 1.64 bits per heavy atom. The van der Waals surface area contributed by atoms with Gasteiger partial charge in [0.2, 0.25) is 10.0 Å². The minimum absolute atomic E-state index is 0.0131. The summed E-state index contributed by atoms with van der Waals surface area (Å²) in [5, 5.41) is 0.427. The van der Waals surface area contributed by atoms with E-state index in [4.69, 9.17) is 4.84 Å². The number of carbonyl (C=O) groups excluding carboxylic acids is 3. The first-order chi connectivity index (χ1) is 10.3. The molecule has 0 aromatic heterocycles. The summed E-state index contributed by atoms with van der Waals surface area (Å²) < 4.78 is 23.6. The smallest absolute Gasteiger partial charge is 0.329 e. The zero-order chi connectivity index (χ0) is 16.1. The molecule has 0 saturated carbocycles. The molecule has 2 aliphatic heterocycles. The summed E-state index contributed by atoms with van der Waals surface area (Å²) in [5.74, 6) is -2.88. The van der Waals surface area contributed by atoms with Crippen LogP contribution in [0.4, 0.5) is 0 Å². The van der Waals surface area contributed by atoms with Crippen molar-refractivity contribution in [2.24, 2.45) is 5.92 Å². The lowest BCUT2D eigenvalue weighted by molar-refractivity contribution is -0.177. The Labute approximate surface area is 126 Å². The van der Waals surface area contributed by atoms with Crippen LogP contribution in [0, 0.1) is 5.92 Å². The molecule has 1 fully saturated rings. The molecule has 0 unspecified atom stereocenters. The molecule has 1 aromatic carbocycles. The molecule has 2 heterocycles. The van der Waals surface area contributed by atoms with E-state index < -0.39 is 33.7 Å². The molecular formula is C13H12N2O6S. The monoisotopic (exact) mass is 324 g/mol. The quantitative estimate of drug-likeness (QED) is 0.703. The van der Waals surface area contributed by atoms with Crippen molar-refractivity contribution in [1.29, 1.82) is 0 Å². The van der Waals surface area contributed by atoms with Crippen molar-refractivity contribution in [2.75, 3.05) is 19.3 Å². The van der Waals surface area contributed by atoms with E-state index >= 15 is 0 Å². The maximum Gasteiger partial charge on any atom is 0.338 e. The van der Waals surface area contributed by atoms with E-state index in [1.165, 1.54) is 12.1 Å². The fourth-order valence-corrected chi connectivity index (χ4v) is 3.17. The van der Waals surface area contributed by atoms with E-state index in [9.17, 15) is 22.8 Å². The van der Waals surface area contributed by atoms with Gasteiger partial charge in [-0.15, -0.1) is 0 Å². The molecule has 8 nitrogen and oxygen atoms in total. The van der Waals surface area contributed by atoms with Crippen molar-refractivity contribution in [3.8, 4) is 0 Å². The van der Waals surface area contributed by atoms with Gasteiger partial charge in [-0.3, -0.25) is 9.59 Å². The number of hydroxylamine groups is 2. The van der Waals surface area contributed by atoms with Gasteiger partial charge < -0.3 is 4.84 Å². The Kier molecular flexibility index (Phi) is 3.26. The minimum Gasteiger partial charge on any atom is -0.329 e. The van der Waals surface area contributed by atoms with Crippen LogP contribution >= 0.6 is 0 Å². The van der Waals surface area contributed by atoms with Crippen molar-refractivity contribution < 1.29 is 27.6 Å². The van der Waals surface area contributed by atoms with Gasteiger partial charge in [0, 0.05) is 13.1 Å². The second-order valence-corrected chi connectivity index (χ2v) is 7.12. The number of nitrogens with zero attached hydrogens (tertiary/aromatic N) is 2. The molecule has 22 heavy (non-hydrogen) atoms. The van der Waals surface area contributed by atoms with E-state index in [0.717, 1.165) is 10.6 Å². The summed E-state index contributed by atoms with van der Waals surface area (Å²) >= 11 is 0. The second kappa shape index (κ2) is 4.89. The molecule has 116 valence electrons. The third-order valence-corrected chi connectivity index (χ3v) is 4.82. The molecule has 0 bridgehead atoms. The van der Waals surface area contributed by atoms with Crippen LogP contribution in [-0.2, 0) is 19.7 Å². The predicted octanol–water partition coefficient (Wildman–Crippen LogP) is -0.368. The molecular weight excluding hydrogens is 312 g/mol. The maximum atomic E-state index is 12.0. The van der Waals surface area contributed by atoms with Gasteiger partial charge in [-0.1, -0.05) is 17.2 Å². The van der Waals surface area contributed by atoms with E-state index in [1.807, 2.05) is 0 Å². The van der Waals surface area contributed by atoms with Gasteiger partial charge in [0.1, 0.15) is 0 Å². The Hall–Kier alpha value is -2.26. The highest BCUT2D eigenvalue weighted by molar-refractivity contribution is 7.88. The van der Waals surface area contributed by atoms with Gasteiger partial charge in [0.05, 0.1) is 23.3 Å². The standard InChI is InChI=1S/C13H12N2O6S/c1-22(19,20)14-6-8(7-14)13(18)21-15-11(16)9-4-2-3-5-10(9)12(15)17/h2-5,8H,6-7H2,1H3. The molecule has 0 spiro atoms. The SMILES string of the molecule is CS(=O)(=O)N1CC(C(=O)ON2C(=O)c3ccccc3C2=O)C1. The van der Waals surface area contributed by atoms with Gasteiger partial charge in [-0.25, -0.2) is 17.5 Å². The molecule has 9 heteroatoms. The summed E-state index contributed by atoms with van der Waals surface area (Å²) in [6.45, 7) is -0.0261. The Morgan fingerprint density at radius 3 is 2.09 bits per heavy atom. The van der Waals surface area contributed by atoms with Crippen LogP contribution in [0.5, 0.6) is 0 Å². The highest BCUT2D eigenvalue weighted by atomic mass is 32.2. The van der Waals surface area contributed by atoms with Gasteiger partial charge in [-0.05, 0) is 12.1 Å². The average Bonchev–Trinajstić information content (AvgIpc) is 2.61. The largest absolute Gasteiger partial charge is 0.338 e. The van der Waals surface area contributed by atoms with Crippen LogP contribution < -0.4 is 0 Å². The van der Waals surface area contributed by atoms with Crippen LogP contribution in [0.3, 0.4) is 0 Å². The van der Waals surface area contributed by atoms with E-state index in [2.05, 4.69) is 0 Å². The maximum absolute atomic E-state index is 12.0. The van der Waals surface area contributed by atoms with Gasteiger partial charge in [0.25, 0.3) is 11.8 Å². The summed E-state index contributed by atoms with van der Waals surface area (Å²) in [6.07, 6.45) is 1.04. The number of carbonyl (C=O) groups is 3. The highest BCUT2D eigenvalue weighted by Gasteiger charge is 2.43. The Morgan fingerprint density at radius 1 is 1.14 bits per heavy atom. The van der Waals surface area contributed by atoms with Crippen LogP contribution in [0.1, 0.15) is 20.7 Å². The van der Waals surface area contributed by atoms with Crippen LogP contribution in [-0.4, -0.2) is 54.9 Å². The topological polar surface area (TPSA) is 101 Å². The van der Waals surface area contributed by atoms with Gasteiger partial charge >= 0.3 is 5.97 Å². The van der Waals surface area contributed by atoms with Crippen molar-refractivity contribution in [3.05, 3.63) is 35.4 Å². The fraction of sp³-hybridized carbons (Fsp3) is 0.308. The molecule has 1 aromatic rings. The van der Waals surface area contributed by atoms with Crippen molar-refractivity contribution in [3.63, 3.8) is 0 Å². The van der Waals surface area contributed by atoms with Crippen molar-refractivity contribution >= 4 is 27.8 Å². The zero-order valence-corrected chi connectivity index (χ0v) is 12.4. The lowest BCUT2D eigenvalue weighted by atomic mass is 10.0. The van der Waals surface area contributed by atoms with E-state index in [1.54, 1.807) is 12.1 Å². The van der Waals surface area contributed by atoms with Crippen molar-refractivity contribution in [2.45, 2.75) is 0 Å². The number of fused-ring (bicyclic) bond motifs is 1. The number of amides is 2. The molecule has 0 atom stereocenters. The van der Waals surface area contributed by atoms with E-state index in [-0.39, 0.29) is 24.2 Å². The molecule has 0 radical (unpaired) electrons. The summed E-state index contributed by atoms with van der Waals surface area (Å²) in [7, 11) is -3.35. The normalized spacial score (nSPS) is 19.0. The zero-order valence-electron chi connectivity index (χ0n) is 11.6. The van der Waals surface area contributed by atoms with Gasteiger partial charge in [-0.2, -0.15) is 0 Å². The minimum atomic E-state index is -3.35. The molecule has 2 aliphatic rings. The van der Waals surface area contributed by atoms with Gasteiger partial charge in [0.15, 0.2) is 0 Å². The first kappa shape index (κ1) is 14.7. The number of imide groups is 1. The predicted molar refractivity (Wildman–Crippen MR) is 72.9 cm³/mol. The lowest BCUT2D eigenvalue weighted by Gasteiger charge is -2.35. The Bertz CT molecular complexity index is 746. The second-order valence-electron chi connectivity index (χ2n) is 5.14. The number of benzene rings is 1. The summed E-state index contributed by atoms with van der Waals surface area (Å²) in [6, 6.07) is 6.15. The van der Waals surface area contributed by atoms with E-state index in [0.29, 0.717) is 5.06 Å². The molecule has 2 amide bonds. The third-order valence-electron chi connectivity index (χ3n) is 3.59. The average molecular weight is 324 g/mol. The Balaban J connectivity index is 1.67.